The Morgan fingerprint density at radius 1 is 1.20 bits per heavy atom. The second kappa shape index (κ2) is 3.66. The van der Waals surface area contributed by atoms with Crippen LogP contribution in [0.3, 0.4) is 0 Å². The molecule has 0 aliphatic rings. The van der Waals surface area contributed by atoms with Crippen molar-refractivity contribution in [2.24, 2.45) is 0 Å². The zero-order chi connectivity index (χ0) is 10.9. The Bertz CT molecular complexity index is 446. The lowest BCUT2D eigenvalue weighted by molar-refractivity contribution is 0.636. The minimum atomic E-state index is -0.0659. The Hall–Kier alpha value is -1.35. The average Bonchev–Trinajstić information content (AvgIpc) is 2.67. The van der Waals surface area contributed by atoms with Crippen LogP contribution in [-0.2, 0) is 5.41 Å². The summed E-state index contributed by atoms with van der Waals surface area (Å²) in [4.78, 5) is 4.36. The van der Waals surface area contributed by atoms with Crippen LogP contribution in [0.25, 0.3) is 0 Å². The highest BCUT2D eigenvalue weighted by atomic mass is 32.1. The Balaban J connectivity index is 2.43. The summed E-state index contributed by atoms with van der Waals surface area (Å²) in [5.74, 6) is 0.610. The van der Waals surface area contributed by atoms with Crippen molar-refractivity contribution in [3.05, 3.63) is 46.3 Å². The number of hydrogen-bond donors (Lipinski definition) is 1. The number of nitrogens with zero attached hydrogens (tertiary/aromatic N) is 1. The van der Waals surface area contributed by atoms with E-state index in [1.807, 2.05) is 23.6 Å². The normalized spacial score (nSPS) is 11.6. The van der Waals surface area contributed by atoms with Crippen molar-refractivity contribution in [1.29, 1.82) is 0 Å². The van der Waals surface area contributed by atoms with Crippen LogP contribution in [0.1, 0.15) is 24.4 Å². The largest absolute Gasteiger partial charge is 0.383 e. The molecule has 1 heterocycles. The zero-order valence-corrected chi connectivity index (χ0v) is 9.71. The van der Waals surface area contributed by atoms with E-state index in [1.165, 1.54) is 5.56 Å². The maximum Gasteiger partial charge on any atom is 0.134 e. The minimum Gasteiger partial charge on any atom is -0.383 e. The van der Waals surface area contributed by atoms with E-state index in [-0.39, 0.29) is 5.41 Å². The van der Waals surface area contributed by atoms with Gasteiger partial charge in [0.05, 0.1) is 0 Å². The highest BCUT2D eigenvalue weighted by Crippen LogP contribution is 2.33. The first-order valence-corrected chi connectivity index (χ1v) is 5.75. The van der Waals surface area contributed by atoms with E-state index in [0.29, 0.717) is 5.82 Å². The summed E-state index contributed by atoms with van der Waals surface area (Å²) in [6, 6.07) is 10.4. The minimum absolute atomic E-state index is 0.0659. The number of aromatic nitrogens is 1. The second-order valence-electron chi connectivity index (χ2n) is 4.07. The number of rotatable bonds is 2. The predicted octanol–water partition coefficient (Wildman–Crippen LogP) is 3.05. The van der Waals surface area contributed by atoms with E-state index >= 15 is 0 Å². The van der Waals surface area contributed by atoms with Crippen molar-refractivity contribution in [3.8, 4) is 0 Å². The van der Waals surface area contributed by atoms with E-state index in [1.54, 1.807) is 11.3 Å². The first-order valence-electron chi connectivity index (χ1n) is 4.88. The van der Waals surface area contributed by atoms with Gasteiger partial charge >= 0.3 is 0 Å². The summed E-state index contributed by atoms with van der Waals surface area (Å²) >= 11 is 1.62. The molecule has 1 aromatic carbocycles. The monoisotopic (exact) mass is 218 g/mol. The van der Waals surface area contributed by atoms with Crippen LogP contribution in [0.5, 0.6) is 0 Å². The fraction of sp³-hybridized carbons (Fsp3) is 0.250. The Labute approximate surface area is 93.8 Å². The van der Waals surface area contributed by atoms with E-state index in [4.69, 9.17) is 5.73 Å². The van der Waals surface area contributed by atoms with Gasteiger partial charge in [0.25, 0.3) is 0 Å². The Kier molecular flexibility index (Phi) is 2.49. The first kappa shape index (κ1) is 10.2. The van der Waals surface area contributed by atoms with Crippen LogP contribution < -0.4 is 5.73 Å². The van der Waals surface area contributed by atoms with Crippen LogP contribution in [-0.4, -0.2) is 4.98 Å². The van der Waals surface area contributed by atoms with Crippen LogP contribution >= 0.6 is 11.3 Å². The van der Waals surface area contributed by atoms with Crippen molar-refractivity contribution < 1.29 is 0 Å². The Morgan fingerprint density at radius 2 is 1.87 bits per heavy atom. The van der Waals surface area contributed by atoms with Gasteiger partial charge in [-0.1, -0.05) is 30.3 Å². The molecule has 0 spiro atoms. The second-order valence-corrected chi connectivity index (χ2v) is 4.93. The van der Waals surface area contributed by atoms with Gasteiger partial charge in [-0.05, 0) is 19.4 Å². The van der Waals surface area contributed by atoms with Crippen LogP contribution in [0, 0.1) is 0 Å². The number of nitrogen functional groups attached to an aromatic ring is 1. The molecule has 0 bridgehead atoms. The molecule has 0 aliphatic heterocycles. The van der Waals surface area contributed by atoms with Gasteiger partial charge in [0.2, 0.25) is 0 Å². The van der Waals surface area contributed by atoms with Gasteiger partial charge in [0, 0.05) is 10.8 Å². The summed E-state index contributed by atoms with van der Waals surface area (Å²) in [6.07, 6.45) is 0. The lowest BCUT2D eigenvalue weighted by atomic mass is 9.85. The molecule has 0 saturated heterocycles. The topological polar surface area (TPSA) is 38.9 Å². The molecule has 2 rings (SSSR count). The molecule has 0 atom stereocenters. The molecule has 0 amide bonds. The predicted molar refractivity (Wildman–Crippen MR) is 65.1 cm³/mol. The van der Waals surface area contributed by atoms with Crippen molar-refractivity contribution in [2.45, 2.75) is 19.3 Å². The molecule has 0 saturated carbocycles. The van der Waals surface area contributed by atoms with Crippen LogP contribution in [0.4, 0.5) is 5.82 Å². The van der Waals surface area contributed by atoms with Gasteiger partial charge in [-0.3, -0.25) is 0 Å². The van der Waals surface area contributed by atoms with Crippen molar-refractivity contribution in [2.75, 3.05) is 5.73 Å². The molecule has 0 unspecified atom stereocenters. The van der Waals surface area contributed by atoms with E-state index < -0.39 is 0 Å². The zero-order valence-electron chi connectivity index (χ0n) is 8.90. The third-order valence-corrected chi connectivity index (χ3v) is 3.74. The summed E-state index contributed by atoms with van der Waals surface area (Å²) in [7, 11) is 0. The molecular formula is C12H14N2S. The maximum atomic E-state index is 5.65. The van der Waals surface area contributed by atoms with Crippen LogP contribution in [0.2, 0.25) is 0 Å². The lowest BCUT2D eigenvalue weighted by Crippen LogP contribution is -2.18. The highest BCUT2D eigenvalue weighted by Gasteiger charge is 2.25. The molecule has 2 N–H and O–H groups in total. The third-order valence-electron chi connectivity index (χ3n) is 2.55. The summed E-state index contributed by atoms with van der Waals surface area (Å²) in [5.41, 5.74) is 6.85. The molecule has 78 valence electrons. The highest BCUT2D eigenvalue weighted by molar-refractivity contribution is 7.10. The lowest BCUT2D eigenvalue weighted by Gasteiger charge is -2.22. The standard InChI is InChI=1S/C12H14N2S/c1-12(2,9-6-4-3-5-7-9)11-14-10(13)8-15-11/h3-8H,13H2,1-2H3. The summed E-state index contributed by atoms with van der Waals surface area (Å²) in [5, 5.41) is 2.95. The molecule has 2 nitrogen and oxygen atoms in total. The quantitative estimate of drug-likeness (QED) is 0.841. The molecule has 0 fully saturated rings. The van der Waals surface area contributed by atoms with Gasteiger partial charge in [0.1, 0.15) is 10.8 Å². The number of thiazole rings is 1. The average molecular weight is 218 g/mol. The van der Waals surface area contributed by atoms with Gasteiger partial charge in [-0.25, -0.2) is 4.98 Å². The maximum absolute atomic E-state index is 5.65. The summed E-state index contributed by atoms with van der Waals surface area (Å²) < 4.78 is 0. The smallest absolute Gasteiger partial charge is 0.134 e. The van der Waals surface area contributed by atoms with E-state index in [2.05, 4.69) is 31.0 Å². The number of anilines is 1. The fourth-order valence-corrected chi connectivity index (χ4v) is 2.41. The van der Waals surface area contributed by atoms with Crippen LogP contribution in [0.15, 0.2) is 35.7 Å². The van der Waals surface area contributed by atoms with Gasteiger partial charge in [-0.2, -0.15) is 0 Å². The Morgan fingerprint density at radius 3 is 2.40 bits per heavy atom. The van der Waals surface area contributed by atoms with E-state index in [9.17, 15) is 0 Å². The molecule has 0 radical (unpaired) electrons. The molecule has 0 aliphatic carbocycles. The van der Waals surface area contributed by atoms with Gasteiger partial charge in [0.15, 0.2) is 0 Å². The van der Waals surface area contributed by atoms with Gasteiger partial charge in [-0.15, -0.1) is 11.3 Å². The third kappa shape index (κ3) is 1.88. The first-order chi connectivity index (χ1) is 7.10. The summed E-state index contributed by atoms with van der Waals surface area (Å²) in [6.45, 7) is 4.33. The SMILES string of the molecule is CC(C)(c1ccccc1)c1nc(N)cs1. The van der Waals surface area contributed by atoms with Crippen molar-refractivity contribution in [3.63, 3.8) is 0 Å². The number of nitrogens with two attached hydrogens (primary N) is 1. The van der Waals surface area contributed by atoms with Crippen molar-refractivity contribution >= 4 is 17.2 Å². The molecular weight excluding hydrogens is 204 g/mol. The van der Waals surface area contributed by atoms with Crippen molar-refractivity contribution in [1.82, 2.24) is 4.98 Å². The fourth-order valence-electron chi connectivity index (χ4n) is 1.55. The molecule has 3 heteroatoms. The number of hydrogen-bond acceptors (Lipinski definition) is 3. The van der Waals surface area contributed by atoms with Gasteiger partial charge < -0.3 is 5.73 Å². The van der Waals surface area contributed by atoms with E-state index in [0.717, 1.165) is 5.01 Å². The molecule has 2 aromatic rings. The number of benzene rings is 1. The molecule has 15 heavy (non-hydrogen) atoms. The molecule has 1 aromatic heterocycles.